The summed E-state index contributed by atoms with van der Waals surface area (Å²) in [6.07, 6.45) is 4.24. The van der Waals surface area contributed by atoms with E-state index in [0.29, 0.717) is 0 Å². The van der Waals surface area contributed by atoms with Crippen LogP contribution in [0.25, 0.3) is 0 Å². The largest absolute Gasteiger partial charge is 0.461 e. The third-order valence-electron chi connectivity index (χ3n) is 2.34. The fourth-order valence-electron chi connectivity index (χ4n) is 1.35. The van der Waals surface area contributed by atoms with Crippen molar-refractivity contribution in [3.05, 3.63) is 42.2 Å². The van der Waals surface area contributed by atoms with Gasteiger partial charge < -0.3 is 9.47 Å². The zero-order chi connectivity index (χ0) is 14.8. The summed E-state index contributed by atoms with van der Waals surface area (Å²) in [4.78, 5) is 22.7. The van der Waals surface area contributed by atoms with E-state index in [1.807, 2.05) is 13.0 Å². The maximum atomic E-state index is 13.2. The average Bonchev–Trinajstić information content (AvgIpc) is 2.44. The summed E-state index contributed by atoms with van der Waals surface area (Å²) in [5, 5.41) is 0. The van der Waals surface area contributed by atoms with Crippen LogP contribution in [0.3, 0.4) is 0 Å². The lowest BCUT2D eigenvalue weighted by molar-refractivity contribution is -0.146. The highest BCUT2D eigenvalue weighted by Gasteiger charge is 2.11. The zero-order valence-corrected chi connectivity index (χ0v) is 11.3. The minimum atomic E-state index is -0.670. The van der Waals surface area contributed by atoms with Crippen molar-refractivity contribution >= 4 is 11.9 Å². The van der Waals surface area contributed by atoms with Gasteiger partial charge in [-0.2, -0.15) is 0 Å². The highest BCUT2D eigenvalue weighted by molar-refractivity contribution is 5.79. The Morgan fingerprint density at radius 3 is 2.55 bits per heavy atom. The Bertz CT molecular complexity index is 483. The van der Waals surface area contributed by atoms with Crippen LogP contribution >= 0.6 is 0 Å². The molecule has 0 aliphatic rings. The van der Waals surface area contributed by atoms with Gasteiger partial charge >= 0.3 is 11.9 Å². The molecule has 0 saturated carbocycles. The predicted molar refractivity (Wildman–Crippen MR) is 71.7 cm³/mol. The van der Waals surface area contributed by atoms with Crippen molar-refractivity contribution in [2.45, 2.75) is 26.2 Å². The molecule has 5 heteroatoms. The fraction of sp³-hybridized carbons (Fsp3) is 0.333. The van der Waals surface area contributed by atoms with Gasteiger partial charge in [0.05, 0.1) is 12.8 Å². The van der Waals surface area contributed by atoms with Crippen LogP contribution < -0.4 is 4.74 Å². The SMILES string of the molecule is CC/C=C\COC(=O)CCC(=O)Oc1ccccc1F. The van der Waals surface area contributed by atoms with Crippen LogP contribution in [0.2, 0.25) is 0 Å². The zero-order valence-electron chi connectivity index (χ0n) is 11.3. The van der Waals surface area contributed by atoms with Gasteiger partial charge in [0.2, 0.25) is 0 Å². The van der Waals surface area contributed by atoms with E-state index in [9.17, 15) is 14.0 Å². The minimum absolute atomic E-state index is 0.0900. The number of ether oxygens (including phenoxy) is 2. The van der Waals surface area contributed by atoms with Crippen LogP contribution in [0.1, 0.15) is 26.2 Å². The molecule has 0 spiro atoms. The summed E-state index contributed by atoms with van der Waals surface area (Å²) in [7, 11) is 0. The third kappa shape index (κ3) is 6.13. The Hall–Kier alpha value is -2.17. The van der Waals surface area contributed by atoms with Gasteiger partial charge in [-0.25, -0.2) is 4.39 Å². The van der Waals surface area contributed by atoms with Gasteiger partial charge in [0.25, 0.3) is 0 Å². The van der Waals surface area contributed by atoms with E-state index in [2.05, 4.69) is 0 Å². The molecule has 1 aromatic rings. The number of esters is 2. The molecular formula is C15H17FO4. The van der Waals surface area contributed by atoms with Gasteiger partial charge in [0.1, 0.15) is 6.61 Å². The first-order valence-corrected chi connectivity index (χ1v) is 6.39. The van der Waals surface area contributed by atoms with E-state index in [1.54, 1.807) is 12.1 Å². The molecule has 1 aromatic carbocycles. The number of para-hydroxylation sites is 1. The van der Waals surface area contributed by atoms with Crippen molar-refractivity contribution in [2.24, 2.45) is 0 Å². The van der Waals surface area contributed by atoms with E-state index in [1.165, 1.54) is 18.2 Å². The summed E-state index contributed by atoms with van der Waals surface area (Å²) in [6.45, 7) is 2.16. The number of rotatable bonds is 7. The molecule has 0 bridgehead atoms. The monoisotopic (exact) mass is 280 g/mol. The Labute approximate surface area is 117 Å². The van der Waals surface area contributed by atoms with Gasteiger partial charge in [-0.05, 0) is 18.6 Å². The lowest BCUT2D eigenvalue weighted by atomic mass is 10.3. The second kappa shape index (κ2) is 8.85. The maximum Gasteiger partial charge on any atom is 0.311 e. The quantitative estimate of drug-likeness (QED) is 0.437. The molecular weight excluding hydrogens is 263 g/mol. The Morgan fingerprint density at radius 2 is 1.85 bits per heavy atom. The van der Waals surface area contributed by atoms with Crippen LogP contribution in [0.5, 0.6) is 5.75 Å². The molecule has 0 unspecified atom stereocenters. The summed E-state index contributed by atoms with van der Waals surface area (Å²) >= 11 is 0. The first-order chi connectivity index (χ1) is 9.63. The van der Waals surface area contributed by atoms with Gasteiger partial charge in [-0.1, -0.05) is 31.2 Å². The maximum absolute atomic E-state index is 13.2. The number of carbonyl (C=O) groups excluding carboxylic acids is 2. The highest BCUT2D eigenvalue weighted by Crippen LogP contribution is 2.16. The molecule has 0 aliphatic carbocycles. The lowest BCUT2D eigenvalue weighted by Gasteiger charge is -2.05. The van der Waals surface area contributed by atoms with Crippen LogP contribution in [0.15, 0.2) is 36.4 Å². The second-order valence-corrected chi connectivity index (χ2v) is 3.97. The van der Waals surface area contributed by atoms with E-state index in [0.717, 1.165) is 6.42 Å². The first kappa shape index (κ1) is 15.9. The van der Waals surface area contributed by atoms with Crippen molar-refractivity contribution in [1.82, 2.24) is 0 Å². The summed E-state index contributed by atoms with van der Waals surface area (Å²) < 4.78 is 22.9. The van der Waals surface area contributed by atoms with Crippen LogP contribution in [0, 0.1) is 5.82 Å². The van der Waals surface area contributed by atoms with Crippen LogP contribution in [-0.2, 0) is 14.3 Å². The molecule has 108 valence electrons. The van der Waals surface area contributed by atoms with Crippen molar-refractivity contribution in [2.75, 3.05) is 6.61 Å². The molecule has 0 atom stereocenters. The number of halogens is 1. The Balaban J connectivity index is 2.28. The molecule has 0 aromatic heterocycles. The number of carbonyl (C=O) groups is 2. The summed E-state index contributed by atoms with van der Waals surface area (Å²) in [5.74, 6) is -1.92. The van der Waals surface area contributed by atoms with Gasteiger partial charge in [-0.15, -0.1) is 0 Å². The topological polar surface area (TPSA) is 52.6 Å². The molecule has 0 radical (unpaired) electrons. The highest BCUT2D eigenvalue weighted by atomic mass is 19.1. The summed E-state index contributed by atoms with van der Waals surface area (Å²) in [6, 6.07) is 5.59. The normalized spacial score (nSPS) is 10.5. The van der Waals surface area contributed by atoms with E-state index in [-0.39, 0.29) is 25.2 Å². The summed E-state index contributed by atoms with van der Waals surface area (Å²) in [5.41, 5.74) is 0. The van der Waals surface area contributed by atoms with Crippen molar-refractivity contribution < 1.29 is 23.5 Å². The van der Waals surface area contributed by atoms with Crippen molar-refractivity contribution in [1.29, 1.82) is 0 Å². The van der Waals surface area contributed by atoms with Gasteiger partial charge in [0.15, 0.2) is 11.6 Å². The lowest BCUT2D eigenvalue weighted by Crippen LogP contribution is -2.13. The molecule has 0 heterocycles. The molecule has 0 N–H and O–H groups in total. The third-order valence-corrected chi connectivity index (χ3v) is 2.34. The second-order valence-electron chi connectivity index (χ2n) is 3.97. The number of hydrogen-bond acceptors (Lipinski definition) is 4. The minimum Gasteiger partial charge on any atom is -0.461 e. The standard InChI is InChI=1S/C15H17FO4/c1-2-3-6-11-19-14(17)9-10-15(18)20-13-8-5-4-7-12(13)16/h3-8H,2,9-11H2,1H3/b6-3-. The smallest absolute Gasteiger partial charge is 0.311 e. The van der Waals surface area contributed by atoms with Crippen LogP contribution in [-0.4, -0.2) is 18.5 Å². The van der Waals surface area contributed by atoms with E-state index < -0.39 is 17.8 Å². The van der Waals surface area contributed by atoms with Crippen molar-refractivity contribution in [3.63, 3.8) is 0 Å². The molecule has 4 nitrogen and oxygen atoms in total. The van der Waals surface area contributed by atoms with E-state index >= 15 is 0 Å². The van der Waals surface area contributed by atoms with Crippen LogP contribution in [0.4, 0.5) is 4.39 Å². The number of allylic oxidation sites excluding steroid dienone is 1. The number of hydrogen-bond donors (Lipinski definition) is 0. The predicted octanol–water partition coefficient (Wildman–Crippen LogP) is 3.02. The fourth-order valence-corrected chi connectivity index (χ4v) is 1.35. The molecule has 0 saturated heterocycles. The Kier molecular flexibility index (Phi) is 7.03. The molecule has 20 heavy (non-hydrogen) atoms. The molecule has 0 amide bonds. The Morgan fingerprint density at radius 1 is 1.15 bits per heavy atom. The van der Waals surface area contributed by atoms with Gasteiger partial charge in [-0.3, -0.25) is 9.59 Å². The first-order valence-electron chi connectivity index (χ1n) is 6.39. The van der Waals surface area contributed by atoms with Crippen molar-refractivity contribution in [3.8, 4) is 5.75 Å². The number of benzene rings is 1. The van der Waals surface area contributed by atoms with Gasteiger partial charge in [0, 0.05) is 0 Å². The average molecular weight is 280 g/mol. The van der Waals surface area contributed by atoms with E-state index in [4.69, 9.17) is 9.47 Å². The molecule has 0 aliphatic heterocycles. The molecule has 0 fully saturated rings. The molecule has 1 rings (SSSR count).